The number of esters is 1. The second-order valence-electron chi connectivity index (χ2n) is 5.83. The highest BCUT2D eigenvalue weighted by atomic mass is 79.9. The maximum absolute atomic E-state index is 12.9. The van der Waals surface area contributed by atoms with Gasteiger partial charge < -0.3 is 9.64 Å². The van der Waals surface area contributed by atoms with Gasteiger partial charge in [-0.05, 0) is 31.0 Å². The molecule has 0 aliphatic heterocycles. The van der Waals surface area contributed by atoms with Gasteiger partial charge in [0.1, 0.15) is 0 Å². The van der Waals surface area contributed by atoms with Crippen LogP contribution in [-0.2, 0) is 9.53 Å². The maximum atomic E-state index is 12.9. The Balaban J connectivity index is 2.19. The summed E-state index contributed by atoms with van der Waals surface area (Å²) in [6, 6.07) is 7.62. The van der Waals surface area contributed by atoms with Crippen LogP contribution < -0.4 is 0 Å². The normalized spacial score (nSPS) is 16.3. The fraction of sp³-hybridized carbons (Fsp3) is 0.529. The van der Waals surface area contributed by atoms with E-state index in [1.807, 2.05) is 36.1 Å². The summed E-state index contributed by atoms with van der Waals surface area (Å²) in [6.45, 7) is 2.21. The summed E-state index contributed by atoms with van der Waals surface area (Å²) < 4.78 is 5.68. The number of hydrogen-bond acceptors (Lipinski definition) is 3. The standard InChI is InChI=1S/C17H22BrNO3/c1-12(17(21)22-2)11-19(15-8-3-4-9-15)16(20)13-6-5-7-14(18)10-13/h5-7,10,12,15H,3-4,8-9,11H2,1-2H3. The van der Waals surface area contributed by atoms with E-state index in [1.54, 1.807) is 0 Å². The Kier molecular flexibility index (Phi) is 6.00. The van der Waals surface area contributed by atoms with Crippen LogP contribution in [0.15, 0.2) is 28.7 Å². The third-order valence-corrected chi connectivity index (χ3v) is 4.67. The lowest BCUT2D eigenvalue weighted by Crippen LogP contribution is -2.43. The van der Waals surface area contributed by atoms with Crippen molar-refractivity contribution < 1.29 is 14.3 Å². The van der Waals surface area contributed by atoms with Gasteiger partial charge >= 0.3 is 5.97 Å². The first kappa shape index (κ1) is 17.0. The van der Waals surface area contributed by atoms with E-state index in [0.29, 0.717) is 12.1 Å². The molecule has 1 aliphatic carbocycles. The van der Waals surface area contributed by atoms with E-state index in [0.717, 1.165) is 30.2 Å². The largest absolute Gasteiger partial charge is 0.469 e. The van der Waals surface area contributed by atoms with Crippen LogP contribution >= 0.6 is 15.9 Å². The third-order valence-electron chi connectivity index (χ3n) is 4.17. The molecule has 5 heteroatoms. The van der Waals surface area contributed by atoms with Crippen molar-refractivity contribution in [2.24, 2.45) is 5.92 Å². The number of nitrogens with zero attached hydrogens (tertiary/aromatic N) is 1. The maximum Gasteiger partial charge on any atom is 0.310 e. The molecule has 0 aromatic heterocycles. The van der Waals surface area contributed by atoms with Crippen LogP contribution in [0.4, 0.5) is 0 Å². The Morgan fingerprint density at radius 2 is 2.05 bits per heavy atom. The zero-order valence-corrected chi connectivity index (χ0v) is 14.6. The lowest BCUT2D eigenvalue weighted by molar-refractivity contribution is -0.145. The van der Waals surface area contributed by atoms with Gasteiger partial charge in [-0.2, -0.15) is 0 Å². The summed E-state index contributed by atoms with van der Waals surface area (Å²) >= 11 is 3.40. The molecule has 4 nitrogen and oxygen atoms in total. The van der Waals surface area contributed by atoms with Gasteiger partial charge in [-0.25, -0.2) is 0 Å². The predicted molar refractivity (Wildman–Crippen MR) is 88.6 cm³/mol. The van der Waals surface area contributed by atoms with E-state index in [9.17, 15) is 9.59 Å². The van der Waals surface area contributed by atoms with Crippen molar-refractivity contribution in [2.45, 2.75) is 38.6 Å². The number of methoxy groups -OCH3 is 1. The van der Waals surface area contributed by atoms with Crippen molar-refractivity contribution in [2.75, 3.05) is 13.7 Å². The van der Waals surface area contributed by atoms with Crippen LogP contribution in [0.25, 0.3) is 0 Å². The van der Waals surface area contributed by atoms with Crippen LogP contribution in [0, 0.1) is 5.92 Å². The zero-order valence-electron chi connectivity index (χ0n) is 13.0. The minimum atomic E-state index is -0.318. The van der Waals surface area contributed by atoms with Crippen molar-refractivity contribution >= 4 is 27.8 Å². The van der Waals surface area contributed by atoms with Crippen molar-refractivity contribution in [1.29, 1.82) is 0 Å². The summed E-state index contributed by atoms with van der Waals surface area (Å²) in [5.74, 6) is -0.601. The zero-order chi connectivity index (χ0) is 16.1. The van der Waals surface area contributed by atoms with Crippen molar-refractivity contribution in [3.63, 3.8) is 0 Å². The molecule has 1 fully saturated rings. The van der Waals surface area contributed by atoms with Gasteiger partial charge in [0.05, 0.1) is 13.0 Å². The van der Waals surface area contributed by atoms with E-state index >= 15 is 0 Å². The van der Waals surface area contributed by atoms with Crippen molar-refractivity contribution in [3.05, 3.63) is 34.3 Å². The predicted octanol–water partition coefficient (Wildman–Crippen LogP) is 3.64. The minimum absolute atomic E-state index is 0.0102. The van der Waals surface area contributed by atoms with Crippen LogP contribution in [0.5, 0.6) is 0 Å². The average Bonchev–Trinajstić information content (AvgIpc) is 3.05. The van der Waals surface area contributed by atoms with Gasteiger partial charge in [-0.1, -0.05) is 41.8 Å². The monoisotopic (exact) mass is 367 g/mol. The Morgan fingerprint density at radius 3 is 2.64 bits per heavy atom. The molecular weight excluding hydrogens is 346 g/mol. The highest BCUT2D eigenvalue weighted by molar-refractivity contribution is 9.10. The number of benzene rings is 1. The highest BCUT2D eigenvalue weighted by Gasteiger charge is 2.30. The molecule has 0 N–H and O–H groups in total. The molecule has 0 spiro atoms. The summed E-state index contributed by atoms with van der Waals surface area (Å²) in [5, 5.41) is 0. The first-order valence-electron chi connectivity index (χ1n) is 7.67. The molecule has 1 aromatic carbocycles. The summed E-state index contributed by atoms with van der Waals surface area (Å²) in [7, 11) is 1.38. The van der Waals surface area contributed by atoms with Gasteiger partial charge in [0.2, 0.25) is 0 Å². The number of halogens is 1. The molecule has 1 atom stereocenters. The first-order chi connectivity index (χ1) is 10.5. The molecule has 1 saturated carbocycles. The molecule has 0 bridgehead atoms. The summed E-state index contributed by atoms with van der Waals surface area (Å²) in [6.07, 6.45) is 4.29. The lowest BCUT2D eigenvalue weighted by Gasteiger charge is -2.31. The van der Waals surface area contributed by atoms with Crippen molar-refractivity contribution in [3.8, 4) is 0 Å². The van der Waals surface area contributed by atoms with E-state index < -0.39 is 0 Å². The van der Waals surface area contributed by atoms with E-state index in [-0.39, 0.29) is 23.8 Å². The molecule has 0 heterocycles. The van der Waals surface area contributed by atoms with Gasteiger partial charge in [0, 0.05) is 22.6 Å². The Bertz CT molecular complexity index is 540. The fourth-order valence-corrected chi connectivity index (χ4v) is 3.37. The SMILES string of the molecule is COC(=O)C(C)CN(C(=O)c1cccc(Br)c1)C1CCCC1. The second-order valence-corrected chi connectivity index (χ2v) is 6.75. The van der Waals surface area contributed by atoms with Crippen molar-refractivity contribution in [1.82, 2.24) is 4.90 Å². The number of amides is 1. The third kappa shape index (κ3) is 4.09. The van der Waals surface area contributed by atoms with Crippen LogP contribution in [0.1, 0.15) is 43.0 Å². The number of carbonyl (C=O) groups is 2. The Hall–Kier alpha value is -1.36. The molecule has 22 heavy (non-hydrogen) atoms. The first-order valence-corrected chi connectivity index (χ1v) is 8.46. The average molecular weight is 368 g/mol. The minimum Gasteiger partial charge on any atom is -0.469 e. The Morgan fingerprint density at radius 1 is 1.36 bits per heavy atom. The smallest absolute Gasteiger partial charge is 0.310 e. The highest BCUT2D eigenvalue weighted by Crippen LogP contribution is 2.26. The summed E-state index contributed by atoms with van der Waals surface area (Å²) in [4.78, 5) is 26.4. The molecule has 0 radical (unpaired) electrons. The summed E-state index contributed by atoms with van der Waals surface area (Å²) in [5.41, 5.74) is 0.651. The number of carbonyl (C=O) groups excluding carboxylic acids is 2. The van der Waals surface area contributed by atoms with E-state index in [4.69, 9.17) is 4.74 Å². The molecule has 1 aliphatic rings. The topological polar surface area (TPSA) is 46.6 Å². The number of ether oxygens (including phenoxy) is 1. The molecule has 0 saturated heterocycles. The van der Waals surface area contributed by atoms with Gasteiger partial charge in [0.25, 0.3) is 5.91 Å². The second kappa shape index (κ2) is 7.77. The lowest BCUT2D eigenvalue weighted by atomic mass is 10.1. The van der Waals surface area contributed by atoms with Crippen LogP contribution in [0.2, 0.25) is 0 Å². The molecule has 2 rings (SSSR count). The number of hydrogen-bond donors (Lipinski definition) is 0. The van der Waals surface area contributed by atoms with Gasteiger partial charge in [-0.3, -0.25) is 9.59 Å². The molecule has 120 valence electrons. The Labute approximate surface area is 140 Å². The molecule has 1 amide bonds. The molecular formula is C17H22BrNO3. The van der Waals surface area contributed by atoms with Gasteiger partial charge in [0.15, 0.2) is 0 Å². The van der Waals surface area contributed by atoms with Crippen LogP contribution in [0.3, 0.4) is 0 Å². The molecule has 1 unspecified atom stereocenters. The molecule has 1 aromatic rings. The van der Waals surface area contributed by atoms with E-state index in [2.05, 4.69) is 15.9 Å². The number of rotatable bonds is 5. The van der Waals surface area contributed by atoms with Crippen LogP contribution in [-0.4, -0.2) is 36.5 Å². The quantitative estimate of drug-likeness (QED) is 0.746. The van der Waals surface area contributed by atoms with Gasteiger partial charge in [-0.15, -0.1) is 0 Å². The van der Waals surface area contributed by atoms with E-state index in [1.165, 1.54) is 7.11 Å². The fourth-order valence-electron chi connectivity index (χ4n) is 2.97.